The minimum absolute atomic E-state index is 0.123. The number of carboxylic acid groups (broad SMARTS) is 1. The van der Waals surface area contributed by atoms with E-state index in [1.165, 1.54) is 36.5 Å². The van der Waals surface area contributed by atoms with Crippen LogP contribution in [0, 0.1) is 0 Å². The highest BCUT2D eigenvalue weighted by molar-refractivity contribution is 14.1. The standard InChI is InChI=1S/C14H26INO3S/c15-10-8-6-4-2-1-3-5-7-9-13(17)16-12(11-20)14(18)19/h12,20H,1-11H2,(H,16,17)(H,18,19). The molecular formula is C14H26INO3S. The van der Waals surface area contributed by atoms with Crippen molar-refractivity contribution in [3.05, 3.63) is 0 Å². The van der Waals surface area contributed by atoms with Crippen LogP contribution in [0.15, 0.2) is 0 Å². The van der Waals surface area contributed by atoms with Gasteiger partial charge in [-0.05, 0) is 17.3 Å². The van der Waals surface area contributed by atoms with Gasteiger partial charge >= 0.3 is 5.97 Å². The summed E-state index contributed by atoms with van der Waals surface area (Å²) in [6, 6.07) is -0.872. The second kappa shape index (κ2) is 14.0. The maximum Gasteiger partial charge on any atom is 0.327 e. The molecule has 0 radical (unpaired) electrons. The average Bonchev–Trinajstić information content (AvgIpc) is 2.42. The summed E-state index contributed by atoms with van der Waals surface area (Å²) < 4.78 is 1.25. The van der Waals surface area contributed by atoms with E-state index in [1.807, 2.05) is 0 Å². The van der Waals surface area contributed by atoms with Gasteiger partial charge in [0.25, 0.3) is 0 Å². The summed E-state index contributed by atoms with van der Waals surface area (Å²) in [6.07, 6.45) is 9.91. The number of carboxylic acids is 1. The van der Waals surface area contributed by atoms with Crippen LogP contribution in [0.3, 0.4) is 0 Å². The third kappa shape index (κ3) is 11.8. The van der Waals surface area contributed by atoms with Gasteiger partial charge in [-0.25, -0.2) is 4.79 Å². The van der Waals surface area contributed by atoms with Gasteiger partial charge < -0.3 is 10.4 Å². The van der Waals surface area contributed by atoms with Crippen molar-refractivity contribution in [2.45, 2.75) is 63.8 Å². The molecule has 0 rings (SSSR count). The molecule has 6 heteroatoms. The third-order valence-corrected chi connectivity index (χ3v) is 4.23. The lowest BCUT2D eigenvalue weighted by Crippen LogP contribution is -2.42. The number of thiol groups is 1. The van der Waals surface area contributed by atoms with Gasteiger partial charge in [0.1, 0.15) is 6.04 Å². The van der Waals surface area contributed by atoms with Crippen molar-refractivity contribution < 1.29 is 14.7 Å². The molecule has 0 aliphatic rings. The molecule has 4 nitrogen and oxygen atoms in total. The SMILES string of the molecule is O=C(CCCCCCCCCCI)NC(CS)C(=O)O. The summed E-state index contributed by atoms with van der Waals surface area (Å²) in [4.78, 5) is 22.2. The largest absolute Gasteiger partial charge is 0.480 e. The Morgan fingerprint density at radius 2 is 1.50 bits per heavy atom. The number of hydrogen-bond acceptors (Lipinski definition) is 3. The zero-order chi connectivity index (χ0) is 15.2. The number of amides is 1. The molecule has 1 amide bonds. The Kier molecular flexibility index (Phi) is 14.0. The Morgan fingerprint density at radius 1 is 1.00 bits per heavy atom. The Morgan fingerprint density at radius 3 is 1.95 bits per heavy atom. The van der Waals surface area contributed by atoms with Gasteiger partial charge in [-0.3, -0.25) is 4.79 Å². The number of unbranched alkanes of at least 4 members (excludes halogenated alkanes) is 7. The fraction of sp³-hybridized carbons (Fsp3) is 0.857. The first-order valence-electron chi connectivity index (χ1n) is 7.30. The molecule has 118 valence electrons. The third-order valence-electron chi connectivity index (χ3n) is 3.10. The van der Waals surface area contributed by atoms with Crippen molar-refractivity contribution in [2.24, 2.45) is 0 Å². The lowest BCUT2D eigenvalue weighted by Gasteiger charge is -2.11. The molecule has 0 saturated carbocycles. The number of aliphatic carboxylic acids is 1. The molecule has 0 aromatic heterocycles. The quantitative estimate of drug-likeness (QED) is 0.187. The van der Waals surface area contributed by atoms with Gasteiger partial charge in [0.05, 0.1) is 0 Å². The summed E-state index contributed by atoms with van der Waals surface area (Å²) in [5.41, 5.74) is 0. The topological polar surface area (TPSA) is 66.4 Å². The van der Waals surface area contributed by atoms with E-state index in [0.29, 0.717) is 6.42 Å². The monoisotopic (exact) mass is 415 g/mol. The molecule has 1 unspecified atom stereocenters. The molecule has 0 aliphatic carbocycles. The molecule has 0 spiro atoms. The fourth-order valence-electron chi connectivity index (χ4n) is 1.89. The number of carbonyl (C=O) groups is 2. The van der Waals surface area contributed by atoms with Gasteiger partial charge in [-0.1, -0.05) is 61.1 Å². The van der Waals surface area contributed by atoms with Crippen LogP contribution < -0.4 is 5.32 Å². The Hall–Kier alpha value is 0.0200. The first kappa shape index (κ1) is 20.0. The fourth-order valence-corrected chi connectivity index (χ4v) is 2.68. The van der Waals surface area contributed by atoms with Gasteiger partial charge in [0.2, 0.25) is 5.91 Å². The summed E-state index contributed by atoms with van der Waals surface area (Å²) in [5.74, 6) is -1.09. The molecule has 20 heavy (non-hydrogen) atoms. The predicted octanol–water partition coefficient (Wildman–Crippen LogP) is 3.43. The maximum atomic E-state index is 11.5. The molecular weight excluding hydrogens is 389 g/mol. The lowest BCUT2D eigenvalue weighted by atomic mass is 10.1. The van der Waals surface area contributed by atoms with Crippen molar-refractivity contribution in [1.82, 2.24) is 5.32 Å². The first-order chi connectivity index (χ1) is 9.61. The van der Waals surface area contributed by atoms with Gasteiger partial charge in [-0.2, -0.15) is 12.6 Å². The van der Waals surface area contributed by atoms with Gasteiger partial charge in [0, 0.05) is 12.2 Å². The molecule has 0 aromatic rings. The normalized spacial score (nSPS) is 12.1. The van der Waals surface area contributed by atoms with Crippen LogP contribution in [0.1, 0.15) is 57.8 Å². The highest BCUT2D eigenvalue weighted by Gasteiger charge is 2.17. The van der Waals surface area contributed by atoms with Crippen molar-refractivity contribution >= 4 is 47.1 Å². The second-order valence-electron chi connectivity index (χ2n) is 4.91. The van der Waals surface area contributed by atoms with E-state index in [-0.39, 0.29) is 11.7 Å². The number of carbonyl (C=O) groups excluding carboxylic acids is 1. The van der Waals surface area contributed by atoms with E-state index in [0.717, 1.165) is 19.3 Å². The van der Waals surface area contributed by atoms with Crippen molar-refractivity contribution in [3.63, 3.8) is 0 Å². The zero-order valence-electron chi connectivity index (χ0n) is 11.9. The van der Waals surface area contributed by atoms with Crippen LogP contribution in [0.25, 0.3) is 0 Å². The van der Waals surface area contributed by atoms with Gasteiger partial charge in [0.15, 0.2) is 0 Å². The highest BCUT2D eigenvalue weighted by Crippen LogP contribution is 2.10. The number of halogens is 1. The smallest absolute Gasteiger partial charge is 0.327 e. The van der Waals surface area contributed by atoms with Gasteiger partial charge in [-0.15, -0.1) is 0 Å². The number of alkyl halides is 1. The molecule has 0 bridgehead atoms. The van der Waals surface area contributed by atoms with E-state index in [4.69, 9.17) is 5.11 Å². The van der Waals surface area contributed by atoms with Crippen LogP contribution in [-0.4, -0.2) is 33.2 Å². The van der Waals surface area contributed by atoms with Crippen LogP contribution in [-0.2, 0) is 9.59 Å². The zero-order valence-corrected chi connectivity index (χ0v) is 15.0. The summed E-state index contributed by atoms with van der Waals surface area (Å²) in [6.45, 7) is 0. The van der Waals surface area contributed by atoms with Crippen molar-refractivity contribution in [3.8, 4) is 0 Å². The van der Waals surface area contributed by atoms with Crippen molar-refractivity contribution in [2.75, 3.05) is 10.2 Å². The first-order valence-corrected chi connectivity index (χ1v) is 9.46. The van der Waals surface area contributed by atoms with E-state index in [1.54, 1.807) is 0 Å². The number of nitrogens with one attached hydrogen (secondary N) is 1. The minimum Gasteiger partial charge on any atom is -0.480 e. The summed E-state index contributed by atoms with van der Waals surface area (Å²) in [5, 5.41) is 11.3. The molecule has 0 fully saturated rings. The van der Waals surface area contributed by atoms with E-state index >= 15 is 0 Å². The van der Waals surface area contributed by atoms with Crippen LogP contribution in [0.2, 0.25) is 0 Å². The van der Waals surface area contributed by atoms with Crippen LogP contribution in [0.4, 0.5) is 0 Å². The van der Waals surface area contributed by atoms with Crippen LogP contribution >= 0.6 is 35.2 Å². The van der Waals surface area contributed by atoms with E-state index in [2.05, 4.69) is 40.5 Å². The molecule has 0 aliphatic heterocycles. The highest BCUT2D eigenvalue weighted by atomic mass is 127. The molecule has 0 aromatic carbocycles. The Bertz CT molecular complexity index is 277. The minimum atomic E-state index is -1.03. The predicted molar refractivity (Wildman–Crippen MR) is 93.9 cm³/mol. The number of rotatable bonds is 13. The Balaban J connectivity index is 3.41. The summed E-state index contributed by atoms with van der Waals surface area (Å²) >= 11 is 6.31. The summed E-state index contributed by atoms with van der Waals surface area (Å²) in [7, 11) is 0. The second-order valence-corrected chi connectivity index (χ2v) is 6.35. The van der Waals surface area contributed by atoms with E-state index in [9.17, 15) is 9.59 Å². The lowest BCUT2D eigenvalue weighted by molar-refractivity contribution is -0.141. The van der Waals surface area contributed by atoms with Crippen molar-refractivity contribution in [1.29, 1.82) is 0 Å². The Labute approximate surface area is 141 Å². The molecule has 0 heterocycles. The van der Waals surface area contributed by atoms with Crippen LogP contribution in [0.5, 0.6) is 0 Å². The average molecular weight is 415 g/mol. The molecule has 2 N–H and O–H groups in total. The maximum absolute atomic E-state index is 11.5. The van der Waals surface area contributed by atoms with E-state index < -0.39 is 12.0 Å². The number of hydrogen-bond donors (Lipinski definition) is 3. The molecule has 1 atom stereocenters. The molecule has 0 saturated heterocycles.